The van der Waals surface area contributed by atoms with Crippen molar-refractivity contribution in [2.24, 2.45) is 0 Å². The van der Waals surface area contributed by atoms with Gasteiger partial charge in [-0.1, -0.05) is 12.1 Å². The molecule has 5 nitrogen and oxygen atoms in total. The van der Waals surface area contributed by atoms with Gasteiger partial charge in [0.25, 0.3) is 0 Å². The molecule has 0 radical (unpaired) electrons. The van der Waals surface area contributed by atoms with Crippen molar-refractivity contribution in [2.45, 2.75) is 13.0 Å². The summed E-state index contributed by atoms with van der Waals surface area (Å²) in [7, 11) is 0. The van der Waals surface area contributed by atoms with E-state index in [1.165, 1.54) is 42.6 Å². The summed E-state index contributed by atoms with van der Waals surface area (Å²) in [5.41, 5.74) is 0.504. The van der Waals surface area contributed by atoms with Crippen LogP contribution in [0.2, 0.25) is 0 Å². The zero-order valence-electron chi connectivity index (χ0n) is 16.2. The Morgan fingerprint density at radius 3 is 2.70 bits per heavy atom. The number of hydrogen-bond acceptors (Lipinski definition) is 4. The van der Waals surface area contributed by atoms with Gasteiger partial charge < -0.3 is 14.8 Å². The van der Waals surface area contributed by atoms with Crippen molar-refractivity contribution >= 4 is 12.0 Å². The third kappa shape index (κ3) is 6.41. The average Bonchev–Trinajstić information content (AvgIpc) is 2.73. The van der Waals surface area contributed by atoms with Crippen LogP contribution < -0.4 is 14.8 Å². The summed E-state index contributed by atoms with van der Waals surface area (Å²) in [6.45, 7) is 1.94. The number of carbonyl (C=O) groups is 1. The second-order valence-corrected chi connectivity index (χ2v) is 6.49. The summed E-state index contributed by atoms with van der Waals surface area (Å²) < 4.78 is 38.2. The van der Waals surface area contributed by atoms with Crippen molar-refractivity contribution in [3.8, 4) is 17.2 Å². The Balaban J connectivity index is 1.50. The Hall–Kier alpha value is -3.74. The molecule has 2 aromatic carbocycles. The molecule has 1 aromatic heterocycles. The molecule has 0 aliphatic heterocycles. The molecule has 154 valence electrons. The fourth-order valence-corrected chi connectivity index (χ4v) is 2.52. The topological polar surface area (TPSA) is 60.5 Å². The Bertz CT molecular complexity index is 1030. The first-order valence-electron chi connectivity index (χ1n) is 9.24. The van der Waals surface area contributed by atoms with Gasteiger partial charge in [-0.25, -0.2) is 8.78 Å². The standard InChI is InChI=1S/C23H20F2N2O3/c1-16(15-29-19-5-2-4-18(24)13-19)27-23(28)10-8-17-7-9-22(21(25)12-17)30-20-6-3-11-26-14-20/h2-14,16H,15H2,1H3,(H,27,28)/b10-8+. The third-order valence-electron chi connectivity index (χ3n) is 3.93. The van der Waals surface area contributed by atoms with E-state index in [4.69, 9.17) is 9.47 Å². The summed E-state index contributed by atoms with van der Waals surface area (Å²) in [6.07, 6.45) is 5.87. The smallest absolute Gasteiger partial charge is 0.244 e. The van der Waals surface area contributed by atoms with Crippen LogP contribution >= 0.6 is 0 Å². The van der Waals surface area contributed by atoms with E-state index >= 15 is 0 Å². The van der Waals surface area contributed by atoms with E-state index in [2.05, 4.69) is 10.3 Å². The normalized spacial score (nSPS) is 11.8. The molecule has 1 heterocycles. The largest absolute Gasteiger partial charge is 0.491 e. The van der Waals surface area contributed by atoms with E-state index in [1.807, 2.05) is 0 Å². The minimum Gasteiger partial charge on any atom is -0.491 e. The number of hydrogen-bond donors (Lipinski definition) is 1. The summed E-state index contributed by atoms with van der Waals surface area (Å²) in [5.74, 6) is -0.437. The number of nitrogens with one attached hydrogen (secondary N) is 1. The van der Waals surface area contributed by atoms with Gasteiger partial charge in [-0.15, -0.1) is 0 Å². The van der Waals surface area contributed by atoms with E-state index in [0.717, 1.165) is 0 Å². The van der Waals surface area contributed by atoms with Gasteiger partial charge in [0.15, 0.2) is 11.6 Å². The Labute approximate surface area is 173 Å². The molecule has 0 bridgehead atoms. The molecule has 0 fully saturated rings. The van der Waals surface area contributed by atoms with Gasteiger partial charge in [0, 0.05) is 18.3 Å². The second-order valence-electron chi connectivity index (χ2n) is 6.49. The fraction of sp³-hybridized carbons (Fsp3) is 0.130. The molecule has 0 aliphatic carbocycles. The highest BCUT2D eigenvalue weighted by atomic mass is 19.1. The number of carbonyl (C=O) groups excluding carboxylic acids is 1. The summed E-state index contributed by atoms with van der Waals surface area (Å²) >= 11 is 0. The molecule has 1 N–H and O–H groups in total. The Morgan fingerprint density at radius 1 is 1.13 bits per heavy atom. The van der Waals surface area contributed by atoms with Crippen molar-refractivity contribution in [1.29, 1.82) is 0 Å². The molecule has 0 aliphatic rings. The Morgan fingerprint density at radius 2 is 1.97 bits per heavy atom. The molecule has 3 rings (SSSR count). The van der Waals surface area contributed by atoms with Crippen molar-refractivity contribution in [1.82, 2.24) is 10.3 Å². The number of nitrogens with zero attached hydrogens (tertiary/aromatic N) is 1. The zero-order chi connectivity index (χ0) is 21.3. The number of rotatable bonds is 8. The summed E-state index contributed by atoms with van der Waals surface area (Å²) in [6, 6.07) is 13.2. The average molecular weight is 410 g/mol. The van der Waals surface area contributed by atoms with Crippen LogP contribution in [0.5, 0.6) is 17.2 Å². The minimum atomic E-state index is -0.557. The lowest BCUT2D eigenvalue weighted by molar-refractivity contribution is -0.117. The molecular weight excluding hydrogens is 390 g/mol. The molecule has 7 heteroatoms. The van der Waals surface area contributed by atoms with Crippen LogP contribution in [0.25, 0.3) is 6.08 Å². The van der Waals surface area contributed by atoms with Crippen molar-refractivity contribution < 1.29 is 23.0 Å². The Kier molecular flexibility index (Phi) is 7.10. The highest BCUT2D eigenvalue weighted by Gasteiger charge is 2.08. The molecule has 0 saturated carbocycles. The van der Waals surface area contributed by atoms with E-state index in [-0.39, 0.29) is 24.3 Å². The first-order chi connectivity index (χ1) is 14.5. The van der Waals surface area contributed by atoms with E-state index in [1.54, 1.807) is 43.5 Å². The quantitative estimate of drug-likeness (QED) is 0.545. The molecule has 1 unspecified atom stereocenters. The van der Waals surface area contributed by atoms with Crippen molar-refractivity contribution in [3.05, 3.63) is 90.3 Å². The lowest BCUT2D eigenvalue weighted by Gasteiger charge is -2.14. The van der Waals surface area contributed by atoms with Gasteiger partial charge in [-0.3, -0.25) is 9.78 Å². The molecule has 1 atom stereocenters. The highest BCUT2D eigenvalue weighted by Crippen LogP contribution is 2.24. The molecule has 30 heavy (non-hydrogen) atoms. The van der Waals surface area contributed by atoms with Crippen LogP contribution in [-0.4, -0.2) is 23.5 Å². The molecular formula is C23H20F2N2O3. The van der Waals surface area contributed by atoms with E-state index in [0.29, 0.717) is 17.1 Å². The number of benzene rings is 2. The number of pyridine rings is 1. The molecule has 0 saturated heterocycles. The first-order valence-corrected chi connectivity index (χ1v) is 9.24. The lowest BCUT2D eigenvalue weighted by Crippen LogP contribution is -2.35. The maximum atomic E-state index is 14.2. The maximum Gasteiger partial charge on any atom is 0.244 e. The number of aromatic nitrogens is 1. The van der Waals surface area contributed by atoms with Crippen LogP contribution in [0.1, 0.15) is 12.5 Å². The first kappa shape index (κ1) is 21.0. The molecule has 0 spiro atoms. The molecule has 3 aromatic rings. The lowest BCUT2D eigenvalue weighted by atomic mass is 10.2. The zero-order valence-corrected chi connectivity index (χ0v) is 16.2. The highest BCUT2D eigenvalue weighted by molar-refractivity contribution is 5.91. The van der Waals surface area contributed by atoms with Gasteiger partial charge in [-0.2, -0.15) is 0 Å². The molecule has 1 amide bonds. The number of halogens is 2. The van der Waals surface area contributed by atoms with Crippen molar-refractivity contribution in [3.63, 3.8) is 0 Å². The van der Waals surface area contributed by atoms with Crippen LogP contribution in [0.15, 0.2) is 73.1 Å². The minimum absolute atomic E-state index is 0.0627. The van der Waals surface area contributed by atoms with Crippen LogP contribution in [0.3, 0.4) is 0 Å². The van der Waals surface area contributed by atoms with Gasteiger partial charge in [0.2, 0.25) is 5.91 Å². The van der Waals surface area contributed by atoms with Crippen LogP contribution in [-0.2, 0) is 4.79 Å². The predicted molar refractivity (Wildman–Crippen MR) is 109 cm³/mol. The van der Waals surface area contributed by atoms with Crippen molar-refractivity contribution in [2.75, 3.05) is 6.61 Å². The van der Waals surface area contributed by atoms with Gasteiger partial charge >= 0.3 is 0 Å². The second kappa shape index (κ2) is 10.2. The van der Waals surface area contributed by atoms with Crippen LogP contribution in [0.4, 0.5) is 8.78 Å². The van der Waals surface area contributed by atoms with Crippen LogP contribution in [0, 0.1) is 11.6 Å². The SMILES string of the molecule is CC(COc1cccc(F)c1)NC(=O)/C=C/c1ccc(Oc2cccnc2)c(F)c1. The van der Waals surface area contributed by atoms with Gasteiger partial charge in [0.1, 0.15) is 23.9 Å². The number of ether oxygens (including phenoxy) is 2. The maximum absolute atomic E-state index is 14.2. The van der Waals surface area contributed by atoms with E-state index in [9.17, 15) is 13.6 Å². The van der Waals surface area contributed by atoms with E-state index < -0.39 is 11.6 Å². The van der Waals surface area contributed by atoms with Gasteiger partial charge in [0.05, 0.1) is 12.2 Å². The van der Waals surface area contributed by atoms with Gasteiger partial charge in [-0.05, 0) is 55.0 Å². The predicted octanol–water partition coefficient (Wildman–Crippen LogP) is 4.75. The summed E-state index contributed by atoms with van der Waals surface area (Å²) in [4.78, 5) is 16.0. The third-order valence-corrected chi connectivity index (χ3v) is 3.93. The summed E-state index contributed by atoms with van der Waals surface area (Å²) in [5, 5.41) is 2.72. The monoisotopic (exact) mass is 410 g/mol. The fourth-order valence-electron chi connectivity index (χ4n) is 2.52. The number of amides is 1.